The molecule has 0 saturated heterocycles. The molecule has 20 heavy (non-hydrogen) atoms. The highest BCUT2D eigenvalue weighted by Crippen LogP contribution is 2.12. The summed E-state index contributed by atoms with van der Waals surface area (Å²) in [6.07, 6.45) is 0. The van der Waals surface area contributed by atoms with Gasteiger partial charge >= 0.3 is 5.97 Å². The number of aromatic carboxylic acids is 1. The Balaban J connectivity index is 2.11. The minimum Gasteiger partial charge on any atom is -0.492 e. The van der Waals surface area contributed by atoms with E-state index in [0.717, 1.165) is 0 Å². The summed E-state index contributed by atoms with van der Waals surface area (Å²) < 4.78 is 10.4. The predicted octanol–water partition coefficient (Wildman–Crippen LogP) is -0.145. The molecule has 1 rings (SSSR count). The van der Waals surface area contributed by atoms with Crippen LogP contribution >= 0.6 is 0 Å². The Morgan fingerprint density at radius 3 is 2.70 bits per heavy atom. The number of amides is 1. The van der Waals surface area contributed by atoms with E-state index in [0.29, 0.717) is 32.1 Å². The number of benzene rings is 1. The van der Waals surface area contributed by atoms with Crippen molar-refractivity contribution in [2.75, 3.05) is 32.9 Å². The average molecular weight is 282 g/mol. The molecule has 0 bridgehead atoms. The molecular weight excluding hydrogens is 264 g/mol. The van der Waals surface area contributed by atoms with E-state index < -0.39 is 11.9 Å². The molecule has 0 fully saturated rings. The van der Waals surface area contributed by atoms with Crippen molar-refractivity contribution >= 4 is 11.9 Å². The molecule has 0 aliphatic carbocycles. The summed E-state index contributed by atoms with van der Waals surface area (Å²) in [5.74, 6) is -0.969. The van der Waals surface area contributed by atoms with Crippen LogP contribution in [0.4, 0.5) is 0 Å². The molecule has 1 aromatic carbocycles. The number of carbonyl (C=O) groups excluding carboxylic acids is 1. The minimum absolute atomic E-state index is 0.0832. The molecule has 1 aromatic rings. The van der Waals surface area contributed by atoms with Crippen molar-refractivity contribution in [2.45, 2.75) is 0 Å². The number of nitrogens with one attached hydrogen (secondary N) is 1. The molecule has 0 saturated carbocycles. The summed E-state index contributed by atoms with van der Waals surface area (Å²) in [4.78, 5) is 21.1. The molecule has 4 N–H and O–H groups in total. The molecule has 0 spiro atoms. The maximum atomic E-state index is 10.8. The van der Waals surface area contributed by atoms with Gasteiger partial charge in [-0.1, -0.05) is 6.07 Å². The summed E-state index contributed by atoms with van der Waals surface area (Å²) in [5, 5.41) is 11.9. The summed E-state index contributed by atoms with van der Waals surface area (Å²) in [7, 11) is 0. The highest BCUT2D eigenvalue weighted by molar-refractivity contribution is 5.87. The van der Waals surface area contributed by atoms with Gasteiger partial charge in [0.1, 0.15) is 19.0 Å². The van der Waals surface area contributed by atoms with Crippen molar-refractivity contribution in [3.8, 4) is 5.75 Å². The van der Waals surface area contributed by atoms with E-state index in [-0.39, 0.29) is 12.2 Å². The van der Waals surface area contributed by atoms with E-state index in [9.17, 15) is 9.59 Å². The fraction of sp³-hybridized carbons (Fsp3) is 0.385. The van der Waals surface area contributed by atoms with Gasteiger partial charge in [-0.25, -0.2) is 4.79 Å². The van der Waals surface area contributed by atoms with Gasteiger partial charge in [0.2, 0.25) is 5.91 Å². The van der Waals surface area contributed by atoms with Gasteiger partial charge in [-0.05, 0) is 18.2 Å². The molecule has 0 aliphatic heterocycles. The van der Waals surface area contributed by atoms with Crippen LogP contribution in [-0.4, -0.2) is 49.9 Å². The summed E-state index contributed by atoms with van der Waals surface area (Å²) >= 11 is 0. The van der Waals surface area contributed by atoms with Gasteiger partial charge in [-0.15, -0.1) is 0 Å². The first-order valence-corrected chi connectivity index (χ1v) is 6.12. The summed E-state index contributed by atoms with van der Waals surface area (Å²) in [5.41, 5.74) is 5.10. The lowest BCUT2D eigenvalue weighted by molar-refractivity contribution is -0.122. The van der Waals surface area contributed by atoms with Gasteiger partial charge in [-0.3, -0.25) is 4.79 Å². The second-order valence-corrected chi connectivity index (χ2v) is 3.95. The second kappa shape index (κ2) is 8.89. The zero-order chi connectivity index (χ0) is 14.8. The van der Waals surface area contributed by atoms with Crippen molar-refractivity contribution in [1.82, 2.24) is 5.32 Å². The number of primary amides is 1. The van der Waals surface area contributed by atoms with E-state index in [1.165, 1.54) is 12.1 Å². The van der Waals surface area contributed by atoms with Crippen molar-refractivity contribution in [3.05, 3.63) is 29.8 Å². The van der Waals surface area contributed by atoms with Crippen LogP contribution in [-0.2, 0) is 9.53 Å². The van der Waals surface area contributed by atoms with E-state index >= 15 is 0 Å². The maximum Gasteiger partial charge on any atom is 0.335 e. The summed E-state index contributed by atoms with van der Waals surface area (Å²) in [6, 6.07) is 6.30. The third-order valence-electron chi connectivity index (χ3n) is 2.30. The van der Waals surface area contributed by atoms with Crippen LogP contribution in [0.5, 0.6) is 5.75 Å². The molecule has 7 nitrogen and oxygen atoms in total. The van der Waals surface area contributed by atoms with Gasteiger partial charge in [0.05, 0.1) is 12.2 Å². The molecule has 7 heteroatoms. The lowest BCUT2D eigenvalue weighted by Crippen LogP contribution is -2.27. The van der Waals surface area contributed by atoms with Gasteiger partial charge in [0.25, 0.3) is 0 Å². The lowest BCUT2D eigenvalue weighted by atomic mass is 10.2. The lowest BCUT2D eigenvalue weighted by Gasteiger charge is -2.08. The Morgan fingerprint density at radius 1 is 1.25 bits per heavy atom. The Bertz CT molecular complexity index is 450. The summed E-state index contributed by atoms with van der Waals surface area (Å²) in [6.45, 7) is 1.86. The highest BCUT2D eigenvalue weighted by atomic mass is 16.5. The molecule has 0 aromatic heterocycles. The minimum atomic E-state index is -0.986. The second-order valence-electron chi connectivity index (χ2n) is 3.95. The monoisotopic (exact) mass is 282 g/mol. The fourth-order valence-corrected chi connectivity index (χ4v) is 1.40. The van der Waals surface area contributed by atoms with Gasteiger partial charge in [0.15, 0.2) is 0 Å². The molecule has 110 valence electrons. The number of hydrogen-bond acceptors (Lipinski definition) is 5. The molecule has 0 unspecified atom stereocenters. The Morgan fingerprint density at radius 2 is 2.00 bits per heavy atom. The number of nitrogens with two attached hydrogens (primary N) is 1. The van der Waals surface area contributed by atoms with Crippen LogP contribution in [0.2, 0.25) is 0 Å². The first-order valence-electron chi connectivity index (χ1n) is 6.12. The normalized spacial score (nSPS) is 10.2. The van der Waals surface area contributed by atoms with E-state index in [4.69, 9.17) is 20.3 Å². The average Bonchev–Trinajstić information content (AvgIpc) is 2.41. The molecule has 0 radical (unpaired) electrons. The zero-order valence-electron chi connectivity index (χ0n) is 11.0. The van der Waals surface area contributed by atoms with Gasteiger partial charge in [0, 0.05) is 13.1 Å². The SMILES string of the molecule is NC(=O)COCCNCCOc1cccc(C(=O)O)c1. The molecule has 0 heterocycles. The van der Waals surface area contributed by atoms with Crippen molar-refractivity contribution < 1.29 is 24.2 Å². The Kier molecular flexibility index (Phi) is 7.08. The van der Waals surface area contributed by atoms with Crippen LogP contribution in [0.3, 0.4) is 0 Å². The maximum absolute atomic E-state index is 10.8. The largest absolute Gasteiger partial charge is 0.492 e. The fourth-order valence-electron chi connectivity index (χ4n) is 1.40. The molecular formula is C13H18N2O5. The first-order chi connectivity index (χ1) is 9.59. The zero-order valence-corrected chi connectivity index (χ0v) is 11.0. The van der Waals surface area contributed by atoms with Crippen molar-refractivity contribution in [2.24, 2.45) is 5.73 Å². The Labute approximate surface area is 116 Å². The quantitative estimate of drug-likeness (QED) is 0.515. The van der Waals surface area contributed by atoms with Crippen LogP contribution in [0.1, 0.15) is 10.4 Å². The van der Waals surface area contributed by atoms with E-state index in [1.54, 1.807) is 12.1 Å². The van der Waals surface area contributed by atoms with Crippen LogP contribution in [0.15, 0.2) is 24.3 Å². The van der Waals surface area contributed by atoms with Crippen molar-refractivity contribution in [3.63, 3.8) is 0 Å². The van der Waals surface area contributed by atoms with Crippen LogP contribution in [0, 0.1) is 0 Å². The van der Waals surface area contributed by atoms with E-state index in [1.807, 2.05) is 0 Å². The Hall–Kier alpha value is -2.12. The third kappa shape index (κ3) is 6.72. The molecule has 0 atom stereocenters. The number of ether oxygens (including phenoxy) is 2. The molecule has 1 amide bonds. The number of carboxylic acid groups (broad SMARTS) is 1. The third-order valence-corrected chi connectivity index (χ3v) is 2.30. The first kappa shape index (κ1) is 15.9. The predicted molar refractivity (Wildman–Crippen MR) is 71.8 cm³/mol. The standard InChI is InChI=1S/C13H18N2O5/c14-12(16)9-19-6-4-15-5-7-20-11-3-1-2-10(8-11)13(17)18/h1-3,8,15H,4-7,9H2,(H2,14,16)(H,17,18). The topological polar surface area (TPSA) is 111 Å². The number of carbonyl (C=O) groups is 2. The number of carboxylic acids is 1. The van der Waals surface area contributed by atoms with Gasteiger partial charge in [-0.2, -0.15) is 0 Å². The van der Waals surface area contributed by atoms with Crippen molar-refractivity contribution in [1.29, 1.82) is 0 Å². The van der Waals surface area contributed by atoms with Crippen LogP contribution < -0.4 is 15.8 Å². The number of hydrogen-bond donors (Lipinski definition) is 3. The van der Waals surface area contributed by atoms with Crippen LogP contribution in [0.25, 0.3) is 0 Å². The smallest absolute Gasteiger partial charge is 0.335 e. The highest BCUT2D eigenvalue weighted by Gasteiger charge is 2.03. The van der Waals surface area contributed by atoms with E-state index in [2.05, 4.69) is 5.32 Å². The number of rotatable bonds is 10. The van der Waals surface area contributed by atoms with Gasteiger partial charge < -0.3 is 25.6 Å². The molecule has 0 aliphatic rings.